The molecule has 0 bridgehead atoms. The Morgan fingerprint density at radius 1 is 1.26 bits per heavy atom. The first-order valence-corrected chi connectivity index (χ1v) is 9.43. The lowest BCUT2D eigenvalue weighted by Gasteiger charge is -2.28. The van der Waals surface area contributed by atoms with Crippen LogP contribution in [-0.2, 0) is 9.84 Å². The Kier molecular flexibility index (Phi) is 4.02. The summed E-state index contributed by atoms with van der Waals surface area (Å²) in [5.41, 5.74) is 0.387. The van der Waals surface area contributed by atoms with Crippen LogP contribution in [0.3, 0.4) is 0 Å². The minimum atomic E-state index is -3.34. The topological polar surface area (TPSA) is 67.6 Å². The van der Waals surface area contributed by atoms with Gasteiger partial charge in [0.15, 0.2) is 9.84 Å². The number of amides is 1. The molecular formula is C17H19NO4S. The lowest BCUT2D eigenvalue weighted by atomic mass is 10.1. The summed E-state index contributed by atoms with van der Waals surface area (Å²) in [6.45, 7) is 1.93. The Morgan fingerprint density at radius 2 is 2.00 bits per heavy atom. The van der Waals surface area contributed by atoms with E-state index in [2.05, 4.69) is 0 Å². The molecule has 23 heavy (non-hydrogen) atoms. The summed E-state index contributed by atoms with van der Waals surface area (Å²) in [5, 5.41) is 0. The van der Waals surface area contributed by atoms with Crippen LogP contribution < -0.4 is 0 Å². The van der Waals surface area contributed by atoms with Gasteiger partial charge in [-0.05, 0) is 50.1 Å². The second-order valence-electron chi connectivity index (χ2n) is 5.93. The number of nitrogens with zero attached hydrogens (tertiary/aromatic N) is 1. The van der Waals surface area contributed by atoms with Crippen molar-refractivity contribution in [2.75, 3.05) is 6.26 Å². The van der Waals surface area contributed by atoms with Gasteiger partial charge in [-0.3, -0.25) is 4.79 Å². The highest BCUT2D eigenvalue weighted by Crippen LogP contribution is 2.35. The average Bonchev–Trinajstić information content (AvgIpc) is 3.18. The molecule has 1 aliphatic rings. The normalized spacial score (nSPS) is 16.1. The second-order valence-corrected chi connectivity index (χ2v) is 7.95. The van der Waals surface area contributed by atoms with Crippen molar-refractivity contribution >= 4 is 15.7 Å². The van der Waals surface area contributed by atoms with Gasteiger partial charge in [0.05, 0.1) is 17.2 Å². The fourth-order valence-electron chi connectivity index (χ4n) is 2.69. The SMILES string of the molecule is C[C@H](c1ccco1)N(C(=O)c1cccc(S(C)(=O)=O)c1)C1CC1. The second kappa shape index (κ2) is 5.85. The highest BCUT2D eigenvalue weighted by Gasteiger charge is 2.37. The standard InChI is InChI=1S/C17H19NO4S/c1-12(16-7-4-10-22-16)18(14-8-9-14)17(19)13-5-3-6-15(11-13)23(2,20)21/h3-7,10-12,14H,8-9H2,1-2H3/t12-/m1/s1. The smallest absolute Gasteiger partial charge is 0.254 e. The maximum atomic E-state index is 12.9. The number of carbonyl (C=O) groups is 1. The summed E-state index contributed by atoms with van der Waals surface area (Å²) >= 11 is 0. The molecule has 1 aliphatic carbocycles. The molecule has 0 aliphatic heterocycles. The summed E-state index contributed by atoms with van der Waals surface area (Å²) in [5.74, 6) is 0.561. The predicted molar refractivity (Wildman–Crippen MR) is 85.9 cm³/mol. The fourth-order valence-corrected chi connectivity index (χ4v) is 3.35. The number of rotatable bonds is 5. The van der Waals surface area contributed by atoms with E-state index in [-0.39, 0.29) is 22.9 Å². The molecule has 1 saturated carbocycles. The average molecular weight is 333 g/mol. The van der Waals surface area contributed by atoms with Gasteiger partial charge < -0.3 is 9.32 Å². The molecular weight excluding hydrogens is 314 g/mol. The van der Waals surface area contributed by atoms with Crippen LogP contribution in [0.1, 0.15) is 41.9 Å². The summed E-state index contributed by atoms with van der Waals surface area (Å²) in [4.78, 5) is 14.9. The molecule has 2 aromatic rings. The molecule has 1 aromatic heterocycles. The van der Waals surface area contributed by atoms with E-state index in [1.54, 1.807) is 29.4 Å². The van der Waals surface area contributed by atoms with E-state index < -0.39 is 9.84 Å². The molecule has 1 amide bonds. The van der Waals surface area contributed by atoms with E-state index in [1.807, 2.05) is 13.0 Å². The third kappa shape index (κ3) is 3.32. The van der Waals surface area contributed by atoms with E-state index >= 15 is 0 Å². The zero-order valence-electron chi connectivity index (χ0n) is 13.1. The zero-order chi connectivity index (χ0) is 16.6. The van der Waals surface area contributed by atoms with Crippen LogP contribution in [-0.4, -0.2) is 31.5 Å². The van der Waals surface area contributed by atoms with E-state index in [0.29, 0.717) is 5.56 Å². The number of sulfone groups is 1. The lowest BCUT2D eigenvalue weighted by Crippen LogP contribution is -2.35. The van der Waals surface area contributed by atoms with Crippen molar-refractivity contribution in [3.05, 3.63) is 54.0 Å². The molecule has 0 radical (unpaired) electrons. The van der Waals surface area contributed by atoms with Gasteiger partial charge in [0.25, 0.3) is 5.91 Å². The molecule has 0 spiro atoms. The first-order valence-electron chi connectivity index (χ1n) is 7.54. The van der Waals surface area contributed by atoms with Crippen molar-refractivity contribution in [2.45, 2.75) is 36.7 Å². The lowest BCUT2D eigenvalue weighted by molar-refractivity contribution is 0.0652. The van der Waals surface area contributed by atoms with Crippen molar-refractivity contribution < 1.29 is 17.6 Å². The van der Waals surface area contributed by atoms with E-state index in [4.69, 9.17) is 4.42 Å². The Hall–Kier alpha value is -2.08. The van der Waals surface area contributed by atoms with Gasteiger partial charge in [-0.2, -0.15) is 0 Å². The molecule has 6 heteroatoms. The van der Waals surface area contributed by atoms with Crippen molar-refractivity contribution in [1.29, 1.82) is 0 Å². The third-order valence-electron chi connectivity index (χ3n) is 4.06. The molecule has 1 aromatic carbocycles. The van der Waals surface area contributed by atoms with Crippen LogP contribution in [0.5, 0.6) is 0 Å². The zero-order valence-corrected chi connectivity index (χ0v) is 13.9. The number of hydrogen-bond donors (Lipinski definition) is 0. The molecule has 0 unspecified atom stereocenters. The van der Waals surface area contributed by atoms with E-state index in [9.17, 15) is 13.2 Å². The Bertz CT molecular complexity index is 807. The van der Waals surface area contributed by atoms with Gasteiger partial charge in [-0.1, -0.05) is 6.07 Å². The molecule has 0 N–H and O–H groups in total. The number of furan rings is 1. The Balaban J connectivity index is 1.93. The van der Waals surface area contributed by atoms with Gasteiger partial charge >= 0.3 is 0 Å². The van der Waals surface area contributed by atoms with Crippen LogP contribution in [0.2, 0.25) is 0 Å². The quantitative estimate of drug-likeness (QED) is 0.843. The Morgan fingerprint density at radius 3 is 2.57 bits per heavy atom. The monoisotopic (exact) mass is 333 g/mol. The van der Waals surface area contributed by atoms with Crippen molar-refractivity contribution in [2.24, 2.45) is 0 Å². The first kappa shape index (κ1) is 15.8. The molecule has 5 nitrogen and oxygen atoms in total. The van der Waals surface area contributed by atoms with Crippen LogP contribution >= 0.6 is 0 Å². The maximum Gasteiger partial charge on any atom is 0.254 e. The molecule has 1 heterocycles. The van der Waals surface area contributed by atoms with Crippen LogP contribution in [0.4, 0.5) is 0 Å². The van der Waals surface area contributed by atoms with E-state index in [1.165, 1.54) is 12.1 Å². The van der Waals surface area contributed by atoms with Crippen molar-refractivity contribution in [3.63, 3.8) is 0 Å². The van der Waals surface area contributed by atoms with Gasteiger partial charge in [0.2, 0.25) is 0 Å². The minimum Gasteiger partial charge on any atom is -0.467 e. The van der Waals surface area contributed by atoms with Crippen LogP contribution in [0.25, 0.3) is 0 Å². The maximum absolute atomic E-state index is 12.9. The van der Waals surface area contributed by atoms with Crippen LogP contribution in [0.15, 0.2) is 52.0 Å². The molecule has 122 valence electrons. The predicted octanol–water partition coefficient (Wildman–Crippen LogP) is 3.05. The first-order chi connectivity index (χ1) is 10.9. The molecule has 1 fully saturated rings. The van der Waals surface area contributed by atoms with Gasteiger partial charge in [0, 0.05) is 17.9 Å². The van der Waals surface area contributed by atoms with Crippen molar-refractivity contribution in [3.8, 4) is 0 Å². The molecule has 1 atom stereocenters. The van der Waals surface area contributed by atoms with Gasteiger partial charge in [-0.15, -0.1) is 0 Å². The summed E-state index contributed by atoms with van der Waals surface area (Å²) < 4.78 is 28.8. The largest absolute Gasteiger partial charge is 0.467 e. The number of hydrogen-bond acceptors (Lipinski definition) is 4. The summed E-state index contributed by atoms with van der Waals surface area (Å²) in [6.07, 6.45) is 4.65. The summed E-state index contributed by atoms with van der Waals surface area (Å²) in [6, 6.07) is 9.85. The van der Waals surface area contributed by atoms with Crippen LogP contribution in [0, 0.1) is 0 Å². The molecule has 3 rings (SSSR count). The fraction of sp³-hybridized carbons (Fsp3) is 0.353. The minimum absolute atomic E-state index is 0.157. The number of benzene rings is 1. The van der Waals surface area contributed by atoms with Gasteiger partial charge in [-0.25, -0.2) is 8.42 Å². The number of carbonyl (C=O) groups excluding carboxylic acids is 1. The third-order valence-corrected chi connectivity index (χ3v) is 5.17. The van der Waals surface area contributed by atoms with Crippen molar-refractivity contribution in [1.82, 2.24) is 4.90 Å². The highest BCUT2D eigenvalue weighted by molar-refractivity contribution is 7.90. The van der Waals surface area contributed by atoms with E-state index in [0.717, 1.165) is 24.9 Å². The van der Waals surface area contributed by atoms with Gasteiger partial charge in [0.1, 0.15) is 5.76 Å². The highest BCUT2D eigenvalue weighted by atomic mass is 32.2. The summed E-state index contributed by atoms with van der Waals surface area (Å²) in [7, 11) is -3.34. The molecule has 0 saturated heterocycles. The Labute approximate surface area is 135 Å².